The summed E-state index contributed by atoms with van der Waals surface area (Å²) in [7, 11) is 0. The number of hydrogen-bond acceptors (Lipinski definition) is 9. The Hall–Kier alpha value is -1.59. The maximum Gasteiger partial charge on any atom is 0.231 e. The van der Waals surface area contributed by atoms with Crippen molar-refractivity contribution in [1.29, 1.82) is 0 Å². The SMILES string of the molecule is CC(C)(C)C(=O)Nc1nnc(CCSCCc2nnc(NC(=O)C(C)(C)C)s2)s1. The number of anilines is 2. The maximum absolute atomic E-state index is 12.0. The number of aryl methyl sites for hydroxylation is 2. The summed E-state index contributed by atoms with van der Waals surface area (Å²) < 4.78 is 0. The summed E-state index contributed by atoms with van der Waals surface area (Å²) in [6.07, 6.45) is 1.60. The molecule has 0 unspecified atom stereocenters. The van der Waals surface area contributed by atoms with E-state index in [0.29, 0.717) is 10.3 Å². The van der Waals surface area contributed by atoms with Gasteiger partial charge in [0.15, 0.2) is 0 Å². The van der Waals surface area contributed by atoms with E-state index in [-0.39, 0.29) is 11.8 Å². The molecule has 2 heterocycles. The van der Waals surface area contributed by atoms with Crippen molar-refractivity contribution >= 4 is 56.5 Å². The third-order valence-electron chi connectivity index (χ3n) is 3.66. The highest BCUT2D eigenvalue weighted by Crippen LogP contribution is 2.23. The molecule has 11 heteroatoms. The van der Waals surface area contributed by atoms with Crippen LogP contribution in [0.5, 0.6) is 0 Å². The standard InChI is InChI=1S/C18H28N6O2S3/c1-17(2,3)13(25)19-15-23-21-11(28-15)7-9-27-10-8-12-22-24-16(29-12)20-14(26)18(4,5)6/h7-10H2,1-6H3,(H,19,23,25)(H,20,24,26). The van der Waals surface area contributed by atoms with Crippen molar-refractivity contribution < 1.29 is 9.59 Å². The van der Waals surface area contributed by atoms with Crippen LogP contribution in [-0.2, 0) is 22.4 Å². The zero-order valence-corrected chi connectivity index (χ0v) is 20.1. The van der Waals surface area contributed by atoms with E-state index in [9.17, 15) is 9.59 Å². The average Bonchev–Trinajstić information content (AvgIpc) is 3.22. The van der Waals surface area contributed by atoms with Gasteiger partial charge in [-0.25, -0.2) is 0 Å². The molecule has 0 spiro atoms. The number of hydrogen-bond donors (Lipinski definition) is 2. The van der Waals surface area contributed by atoms with Crippen molar-refractivity contribution in [3.63, 3.8) is 0 Å². The molecule has 0 radical (unpaired) electrons. The Bertz CT molecular complexity index is 767. The molecule has 2 rings (SSSR count). The fourth-order valence-electron chi connectivity index (χ4n) is 1.80. The van der Waals surface area contributed by atoms with Crippen molar-refractivity contribution in [3.8, 4) is 0 Å². The summed E-state index contributed by atoms with van der Waals surface area (Å²) >= 11 is 4.63. The molecule has 2 aromatic heterocycles. The molecule has 160 valence electrons. The van der Waals surface area contributed by atoms with Gasteiger partial charge >= 0.3 is 0 Å². The summed E-state index contributed by atoms with van der Waals surface area (Å²) in [5.41, 5.74) is -0.913. The molecule has 2 aromatic rings. The summed E-state index contributed by atoms with van der Waals surface area (Å²) in [6, 6.07) is 0. The predicted octanol–water partition coefficient (Wildman–Crippen LogP) is 3.88. The van der Waals surface area contributed by atoms with E-state index in [2.05, 4.69) is 31.0 Å². The Morgan fingerprint density at radius 1 is 0.759 bits per heavy atom. The van der Waals surface area contributed by atoms with Crippen LogP contribution >= 0.6 is 34.4 Å². The molecule has 29 heavy (non-hydrogen) atoms. The van der Waals surface area contributed by atoms with E-state index in [0.717, 1.165) is 34.4 Å². The number of thioether (sulfide) groups is 1. The first-order valence-electron chi connectivity index (χ1n) is 9.30. The van der Waals surface area contributed by atoms with E-state index < -0.39 is 10.8 Å². The lowest BCUT2D eigenvalue weighted by Gasteiger charge is -2.15. The molecule has 8 nitrogen and oxygen atoms in total. The van der Waals surface area contributed by atoms with Gasteiger partial charge in [0, 0.05) is 23.7 Å². The highest BCUT2D eigenvalue weighted by molar-refractivity contribution is 7.99. The van der Waals surface area contributed by atoms with Crippen molar-refractivity contribution in [2.24, 2.45) is 10.8 Å². The molecule has 2 N–H and O–H groups in total. The third kappa shape index (κ3) is 7.98. The first kappa shape index (κ1) is 23.7. The highest BCUT2D eigenvalue weighted by Gasteiger charge is 2.23. The van der Waals surface area contributed by atoms with E-state index in [1.54, 1.807) is 11.8 Å². The lowest BCUT2D eigenvalue weighted by molar-refractivity contribution is -0.123. The lowest BCUT2D eigenvalue weighted by Crippen LogP contribution is -2.27. The van der Waals surface area contributed by atoms with Crippen LogP contribution in [0.25, 0.3) is 0 Å². The normalized spacial score (nSPS) is 12.1. The lowest BCUT2D eigenvalue weighted by atomic mass is 9.96. The van der Waals surface area contributed by atoms with E-state index in [4.69, 9.17) is 0 Å². The van der Waals surface area contributed by atoms with Crippen LogP contribution < -0.4 is 10.6 Å². The fourth-order valence-corrected chi connectivity index (χ4v) is 4.41. The minimum absolute atomic E-state index is 0.0651. The second-order valence-electron chi connectivity index (χ2n) is 8.52. The first-order valence-corrected chi connectivity index (χ1v) is 12.1. The number of rotatable bonds is 8. The molecular formula is C18H28N6O2S3. The molecule has 0 aromatic carbocycles. The summed E-state index contributed by atoms with van der Waals surface area (Å²) in [6.45, 7) is 11.2. The van der Waals surface area contributed by atoms with Gasteiger partial charge in [-0.2, -0.15) is 11.8 Å². The van der Waals surface area contributed by atoms with E-state index >= 15 is 0 Å². The quantitative estimate of drug-likeness (QED) is 0.580. The van der Waals surface area contributed by atoms with Crippen LogP contribution in [0, 0.1) is 10.8 Å². The molecule has 0 aliphatic carbocycles. The van der Waals surface area contributed by atoms with E-state index in [1.807, 2.05) is 41.5 Å². The van der Waals surface area contributed by atoms with Crippen LogP contribution in [0.3, 0.4) is 0 Å². The second-order valence-corrected chi connectivity index (χ2v) is 11.9. The maximum atomic E-state index is 12.0. The van der Waals surface area contributed by atoms with Gasteiger partial charge in [0.2, 0.25) is 22.1 Å². The monoisotopic (exact) mass is 456 g/mol. The molecule has 0 aliphatic heterocycles. The molecule has 0 saturated carbocycles. The van der Waals surface area contributed by atoms with Crippen LogP contribution in [0.15, 0.2) is 0 Å². The fraction of sp³-hybridized carbons (Fsp3) is 0.667. The highest BCUT2D eigenvalue weighted by atomic mass is 32.2. The topological polar surface area (TPSA) is 110 Å². The van der Waals surface area contributed by atoms with Crippen LogP contribution in [0.2, 0.25) is 0 Å². The molecule has 0 saturated heterocycles. The van der Waals surface area contributed by atoms with Crippen LogP contribution in [0.1, 0.15) is 51.6 Å². The van der Waals surface area contributed by atoms with Crippen molar-refractivity contribution in [2.75, 3.05) is 22.1 Å². The van der Waals surface area contributed by atoms with Gasteiger partial charge in [0.1, 0.15) is 10.0 Å². The molecule has 0 bridgehead atoms. The Kier molecular flexibility index (Phi) is 8.12. The Balaban J connectivity index is 1.68. The first-order chi connectivity index (χ1) is 13.4. The van der Waals surface area contributed by atoms with Gasteiger partial charge in [0.25, 0.3) is 0 Å². The number of amides is 2. The number of aromatic nitrogens is 4. The van der Waals surface area contributed by atoms with Gasteiger partial charge < -0.3 is 10.6 Å². The van der Waals surface area contributed by atoms with Crippen LogP contribution in [0.4, 0.5) is 10.3 Å². The molecule has 0 atom stereocenters. The van der Waals surface area contributed by atoms with Gasteiger partial charge in [-0.05, 0) is 11.5 Å². The van der Waals surface area contributed by atoms with Crippen LogP contribution in [-0.4, -0.2) is 43.7 Å². The zero-order valence-electron chi connectivity index (χ0n) is 17.7. The average molecular weight is 457 g/mol. The Morgan fingerprint density at radius 3 is 1.48 bits per heavy atom. The number of nitrogens with one attached hydrogen (secondary N) is 2. The van der Waals surface area contributed by atoms with Gasteiger partial charge in [-0.1, -0.05) is 64.2 Å². The third-order valence-corrected chi connectivity index (χ3v) is 6.44. The minimum Gasteiger partial charge on any atom is -0.300 e. The molecule has 2 amide bonds. The number of carbonyl (C=O) groups excluding carboxylic acids is 2. The minimum atomic E-state index is -0.457. The molecule has 0 fully saturated rings. The van der Waals surface area contributed by atoms with E-state index in [1.165, 1.54) is 22.7 Å². The Labute approximate surface area is 183 Å². The second kappa shape index (κ2) is 9.94. The molecule has 0 aliphatic rings. The number of carbonyl (C=O) groups is 2. The Morgan fingerprint density at radius 2 is 1.14 bits per heavy atom. The predicted molar refractivity (Wildman–Crippen MR) is 121 cm³/mol. The summed E-state index contributed by atoms with van der Waals surface area (Å²) in [5, 5.41) is 24.9. The summed E-state index contributed by atoms with van der Waals surface area (Å²) in [4.78, 5) is 24.0. The van der Waals surface area contributed by atoms with Crippen molar-refractivity contribution in [2.45, 2.75) is 54.4 Å². The van der Waals surface area contributed by atoms with Crippen molar-refractivity contribution in [3.05, 3.63) is 10.0 Å². The number of nitrogens with zero attached hydrogens (tertiary/aromatic N) is 4. The van der Waals surface area contributed by atoms with Gasteiger partial charge in [-0.15, -0.1) is 20.4 Å². The smallest absolute Gasteiger partial charge is 0.231 e. The zero-order chi connectivity index (χ0) is 21.7. The summed E-state index contributed by atoms with van der Waals surface area (Å²) in [5.74, 6) is 1.69. The largest absolute Gasteiger partial charge is 0.300 e. The van der Waals surface area contributed by atoms with Gasteiger partial charge in [-0.3, -0.25) is 9.59 Å². The van der Waals surface area contributed by atoms with Gasteiger partial charge in [0.05, 0.1) is 0 Å². The van der Waals surface area contributed by atoms with Crippen molar-refractivity contribution in [1.82, 2.24) is 20.4 Å². The molecular weight excluding hydrogens is 428 g/mol.